The van der Waals surface area contributed by atoms with Crippen LogP contribution in [0.15, 0.2) is 41.4 Å². The minimum atomic E-state index is -1.44. The Morgan fingerprint density at radius 2 is 1.74 bits per heavy atom. The molecular weight excluding hydrogens is 403 g/mol. The summed E-state index contributed by atoms with van der Waals surface area (Å²) in [5.74, 6) is -3.32. The number of benzene rings is 2. The van der Waals surface area contributed by atoms with Crippen LogP contribution in [0.25, 0.3) is 0 Å². The molecule has 2 bridgehead atoms. The average Bonchev–Trinajstić information content (AvgIpc) is 3.20. The lowest BCUT2D eigenvalue weighted by atomic mass is 9.75. The van der Waals surface area contributed by atoms with Gasteiger partial charge in [-0.05, 0) is 61.2 Å². The fourth-order valence-corrected chi connectivity index (χ4v) is 5.88. The summed E-state index contributed by atoms with van der Waals surface area (Å²) in [5, 5.41) is 0. The molecule has 7 heteroatoms. The zero-order chi connectivity index (χ0) is 21.2. The van der Waals surface area contributed by atoms with Gasteiger partial charge in [-0.3, -0.25) is 4.90 Å². The normalized spacial score (nSPS) is 31.5. The fourth-order valence-electron chi connectivity index (χ4n) is 5.88. The molecule has 3 fully saturated rings. The summed E-state index contributed by atoms with van der Waals surface area (Å²) in [4.78, 5) is 9.24. The second-order valence-electron chi connectivity index (χ2n) is 9.16. The first kappa shape index (κ1) is 19.2. The Bertz CT molecular complexity index is 1040. The van der Waals surface area contributed by atoms with Crippen LogP contribution in [0.5, 0.6) is 0 Å². The minimum absolute atomic E-state index is 0.299. The molecule has 0 aliphatic carbocycles. The van der Waals surface area contributed by atoms with E-state index in [0.717, 1.165) is 62.2 Å². The van der Waals surface area contributed by atoms with Crippen molar-refractivity contribution in [2.75, 3.05) is 32.7 Å². The van der Waals surface area contributed by atoms with Gasteiger partial charge in [0, 0.05) is 19.0 Å². The first-order valence-electron chi connectivity index (χ1n) is 11.0. The van der Waals surface area contributed by atoms with E-state index < -0.39 is 23.5 Å². The Balaban J connectivity index is 1.39. The van der Waals surface area contributed by atoms with Crippen molar-refractivity contribution in [3.63, 3.8) is 0 Å². The SMILES string of the molecule is Fc1cc([C@H]2c3ccccc3CCN2C2=NC[C@@]3(CN4CCC3CC4)O2)cc(F)c1F. The van der Waals surface area contributed by atoms with Crippen LogP contribution in [0.4, 0.5) is 13.2 Å². The van der Waals surface area contributed by atoms with Crippen molar-refractivity contribution in [3.8, 4) is 0 Å². The third-order valence-electron chi connectivity index (χ3n) is 7.45. The van der Waals surface area contributed by atoms with Gasteiger partial charge in [-0.2, -0.15) is 0 Å². The Labute approximate surface area is 179 Å². The van der Waals surface area contributed by atoms with Crippen LogP contribution in [0, 0.1) is 23.4 Å². The van der Waals surface area contributed by atoms with Crippen molar-refractivity contribution in [2.45, 2.75) is 30.9 Å². The molecule has 0 amide bonds. The first-order chi connectivity index (χ1) is 15.0. The maximum absolute atomic E-state index is 14.2. The predicted octanol–water partition coefficient (Wildman–Crippen LogP) is 3.90. The van der Waals surface area contributed by atoms with E-state index in [-0.39, 0.29) is 5.60 Å². The number of halogens is 3. The summed E-state index contributed by atoms with van der Waals surface area (Å²) in [6, 6.07) is 10.1. The standard InChI is InChI=1S/C24H24F3N3O/c25-19-11-16(12-20(26)21(19)27)22-18-4-2-1-3-15(18)5-10-30(22)23-28-13-24(31-23)14-29-8-6-17(24)7-9-29/h1-4,11-12,17,22H,5-10,13-14H2/t22-,24-/m0/s1. The van der Waals surface area contributed by atoms with Gasteiger partial charge in [-0.15, -0.1) is 0 Å². The molecule has 162 valence electrons. The Morgan fingerprint density at radius 1 is 1.00 bits per heavy atom. The number of amidine groups is 1. The summed E-state index contributed by atoms with van der Waals surface area (Å²) in [6.45, 7) is 4.32. The molecule has 2 aromatic rings. The Kier molecular flexibility index (Phi) is 4.32. The van der Waals surface area contributed by atoms with Crippen LogP contribution < -0.4 is 0 Å². The summed E-state index contributed by atoms with van der Waals surface area (Å²) < 4.78 is 48.6. The molecule has 5 heterocycles. The number of nitrogens with zero attached hydrogens (tertiary/aromatic N) is 3. The largest absolute Gasteiger partial charge is 0.455 e. The molecule has 31 heavy (non-hydrogen) atoms. The summed E-state index contributed by atoms with van der Waals surface area (Å²) in [5.41, 5.74) is 2.13. The van der Waals surface area contributed by atoms with Crippen LogP contribution in [-0.4, -0.2) is 54.1 Å². The second kappa shape index (κ2) is 6.99. The zero-order valence-corrected chi connectivity index (χ0v) is 17.2. The van der Waals surface area contributed by atoms with E-state index in [2.05, 4.69) is 4.90 Å². The summed E-state index contributed by atoms with van der Waals surface area (Å²) >= 11 is 0. The number of ether oxygens (including phenoxy) is 1. The average molecular weight is 427 g/mol. The van der Waals surface area contributed by atoms with Crippen LogP contribution in [0.3, 0.4) is 0 Å². The van der Waals surface area contributed by atoms with Crippen molar-refractivity contribution in [2.24, 2.45) is 10.9 Å². The van der Waals surface area contributed by atoms with Gasteiger partial charge in [0.2, 0.25) is 0 Å². The van der Waals surface area contributed by atoms with E-state index in [1.54, 1.807) is 0 Å². The molecule has 0 saturated carbocycles. The van der Waals surface area contributed by atoms with Crippen LogP contribution in [0.1, 0.15) is 35.6 Å². The van der Waals surface area contributed by atoms with E-state index >= 15 is 0 Å². The van der Waals surface area contributed by atoms with Crippen LogP contribution in [-0.2, 0) is 11.2 Å². The monoisotopic (exact) mass is 427 g/mol. The first-order valence-corrected chi connectivity index (χ1v) is 11.0. The molecule has 0 N–H and O–H groups in total. The van der Waals surface area contributed by atoms with Gasteiger partial charge in [-0.1, -0.05) is 24.3 Å². The Morgan fingerprint density at radius 3 is 2.45 bits per heavy atom. The highest BCUT2D eigenvalue weighted by atomic mass is 19.2. The lowest BCUT2D eigenvalue weighted by Crippen LogP contribution is -2.61. The van der Waals surface area contributed by atoms with E-state index in [1.807, 2.05) is 29.2 Å². The fraction of sp³-hybridized carbons (Fsp3) is 0.458. The van der Waals surface area contributed by atoms with E-state index in [0.29, 0.717) is 30.6 Å². The van der Waals surface area contributed by atoms with Crippen LogP contribution in [0.2, 0.25) is 0 Å². The molecule has 0 radical (unpaired) electrons. The highest BCUT2D eigenvalue weighted by Crippen LogP contribution is 2.43. The number of fused-ring (bicyclic) bond motifs is 3. The summed E-state index contributed by atoms with van der Waals surface area (Å²) in [7, 11) is 0. The van der Waals surface area contributed by atoms with E-state index in [9.17, 15) is 13.2 Å². The maximum atomic E-state index is 14.2. The van der Waals surface area contributed by atoms with Crippen molar-refractivity contribution in [3.05, 3.63) is 70.5 Å². The highest BCUT2D eigenvalue weighted by Gasteiger charge is 2.53. The molecule has 0 aromatic heterocycles. The van der Waals surface area contributed by atoms with Crippen molar-refractivity contribution in [1.29, 1.82) is 0 Å². The molecule has 7 rings (SSSR count). The van der Waals surface area contributed by atoms with Gasteiger partial charge in [-0.25, -0.2) is 18.2 Å². The number of hydrogen-bond donors (Lipinski definition) is 0. The predicted molar refractivity (Wildman–Crippen MR) is 110 cm³/mol. The molecule has 3 saturated heterocycles. The second-order valence-corrected chi connectivity index (χ2v) is 9.16. The molecule has 4 nitrogen and oxygen atoms in total. The van der Waals surface area contributed by atoms with Gasteiger partial charge in [0.05, 0.1) is 12.6 Å². The molecule has 2 aromatic carbocycles. The van der Waals surface area contributed by atoms with Gasteiger partial charge in [0.15, 0.2) is 17.5 Å². The van der Waals surface area contributed by atoms with Crippen molar-refractivity contribution in [1.82, 2.24) is 9.80 Å². The van der Waals surface area contributed by atoms with Crippen molar-refractivity contribution < 1.29 is 17.9 Å². The maximum Gasteiger partial charge on any atom is 0.288 e. The number of rotatable bonds is 1. The molecule has 2 atom stereocenters. The van der Waals surface area contributed by atoms with Gasteiger partial charge >= 0.3 is 0 Å². The third kappa shape index (κ3) is 2.97. The number of piperidine rings is 3. The Hall–Kier alpha value is -2.54. The topological polar surface area (TPSA) is 28.1 Å². The van der Waals surface area contributed by atoms with E-state index in [4.69, 9.17) is 9.73 Å². The molecule has 5 aliphatic heterocycles. The van der Waals surface area contributed by atoms with E-state index in [1.165, 1.54) is 0 Å². The number of hydrogen-bond acceptors (Lipinski definition) is 4. The van der Waals surface area contributed by atoms with Crippen LogP contribution >= 0.6 is 0 Å². The molecule has 1 spiro atoms. The number of aliphatic imine (C=N–C) groups is 1. The lowest BCUT2D eigenvalue weighted by Gasteiger charge is -2.50. The van der Waals surface area contributed by atoms with Gasteiger partial charge < -0.3 is 9.64 Å². The quantitative estimate of drug-likeness (QED) is 0.647. The van der Waals surface area contributed by atoms with Gasteiger partial charge in [0.25, 0.3) is 6.02 Å². The minimum Gasteiger partial charge on any atom is -0.455 e. The lowest BCUT2D eigenvalue weighted by molar-refractivity contribution is -0.0895. The van der Waals surface area contributed by atoms with Crippen molar-refractivity contribution >= 4 is 6.02 Å². The molecular formula is C24H24F3N3O. The van der Waals surface area contributed by atoms with Gasteiger partial charge in [0.1, 0.15) is 5.60 Å². The molecule has 0 unspecified atom stereocenters. The highest BCUT2D eigenvalue weighted by molar-refractivity contribution is 5.78. The smallest absolute Gasteiger partial charge is 0.288 e. The third-order valence-corrected chi connectivity index (χ3v) is 7.45. The molecule has 5 aliphatic rings. The zero-order valence-electron chi connectivity index (χ0n) is 17.2. The summed E-state index contributed by atoms with van der Waals surface area (Å²) in [6.07, 6.45) is 3.01.